The molecule has 2 rings (SSSR count). The molecule has 1 aromatic heterocycles. The lowest BCUT2D eigenvalue weighted by Crippen LogP contribution is -2.22. The maximum absolute atomic E-state index is 11.8. The Balaban J connectivity index is 2.62. The maximum atomic E-state index is 11.8. The summed E-state index contributed by atoms with van der Waals surface area (Å²) >= 11 is 0. The number of phenols is 1. The lowest BCUT2D eigenvalue weighted by Gasteiger charge is -2.00. The summed E-state index contributed by atoms with van der Waals surface area (Å²) in [4.78, 5) is 11.8. The van der Waals surface area contributed by atoms with Crippen LogP contribution in [0, 0.1) is 6.92 Å². The van der Waals surface area contributed by atoms with Crippen molar-refractivity contribution in [3.05, 3.63) is 29.5 Å². The van der Waals surface area contributed by atoms with E-state index in [9.17, 15) is 9.90 Å². The van der Waals surface area contributed by atoms with Gasteiger partial charge in [0, 0.05) is 11.9 Å². The normalized spacial score (nSPS) is 10.6. The van der Waals surface area contributed by atoms with Crippen molar-refractivity contribution in [2.45, 2.75) is 13.8 Å². The standard InChI is InChI=1S/C12H13NO3/c1-3-13-12(15)11-7(2)16-10-5-4-8(14)6-9(10)11/h4-6,14H,3H2,1-2H3,(H,13,15). The van der Waals surface area contributed by atoms with Crippen molar-refractivity contribution in [2.75, 3.05) is 6.54 Å². The number of hydrogen-bond donors (Lipinski definition) is 2. The molecule has 1 aromatic carbocycles. The van der Waals surface area contributed by atoms with Gasteiger partial charge >= 0.3 is 0 Å². The number of furan rings is 1. The fraction of sp³-hybridized carbons (Fsp3) is 0.250. The number of fused-ring (bicyclic) bond motifs is 1. The summed E-state index contributed by atoms with van der Waals surface area (Å²) in [7, 11) is 0. The number of amides is 1. The van der Waals surface area contributed by atoms with Gasteiger partial charge in [0.05, 0.1) is 5.56 Å². The molecule has 0 unspecified atom stereocenters. The first-order valence-electron chi connectivity index (χ1n) is 5.13. The molecule has 0 bridgehead atoms. The Kier molecular flexibility index (Phi) is 2.56. The number of aromatic hydroxyl groups is 1. The zero-order valence-corrected chi connectivity index (χ0v) is 9.20. The molecule has 2 aromatic rings. The molecule has 4 nitrogen and oxygen atoms in total. The Hall–Kier alpha value is -1.97. The van der Waals surface area contributed by atoms with Crippen molar-refractivity contribution in [1.29, 1.82) is 0 Å². The highest BCUT2D eigenvalue weighted by Crippen LogP contribution is 2.28. The third-order valence-corrected chi connectivity index (χ3v) is 2.41. The number of carbonyl (C=O) groups excluding carboxylic acids is 1. The lowest BCUT2D eigenvalue weighted by molar-refractivity contribution is 0.0956. The minimum absolute atomic E-state index is 0.124. The predicted molar refractivity (Wildman–Crippen MR) is 60.6 cm³/mol. The molecule has 1 amide bonds. The van der Waals surface area contributed by atoms with Crippen LogP contribution in [0.15, 0.2) is 22.6 Å². The summed E-state index contributed by atoms with van der Waals surface area (Å²) in [6.45, 7) is 4.15. The number of carbonyl (C=O) groups is 1. The van der Waals surface area contributed by atoms with E-state index in [1.54, 1.807) is 13.0 Å². The Morgan fingerprint density at radius 1 is 1.50 bits per heavy atom. The Bertz CT molecular complexity index is 542. The number of benzene rings is 1. The van der Waals surface area contributed by atoms with Gasteiger partial charge in [0.1, 0.15) is 17.1 Å². The van der Waals surface area contributed by atoms with Crippen LogP contribution in [-0.2, 0) is 0 Å². The topological polar surface area (TPSA) is 62.5 Å². The van der Waals surface area contributed by atoms with Crippen LogP contribution in [0.1, 0.15) is 23.0 Å². The molecule has 16 heavy (non-hydrogen) atoms. The quantitative estimate of drug-likeness (QED) is 0.813. The Morgan fingerprint density at radius 3 is 2.94 bits per heavy atom. The second kappa shape index (κ2) is 3.89. The molecule has 0 atom stereocenters. The second-order valence-electron chi connectivity index (χ2n) is 3.57. The minimum Gasteiger partial charge on any atom is -0.508 e. The van der Waals surface area contributed by atoms with Crippen LogP contribution in [0.2, 0.25) is 0 Å². The van der Waals surface area contributed by atoms with Gasteiger partial charge in [-0.25, -0.2) is 0 Å². The van der Waals surface area contributed by atoms with Gasteiger partial charge in [-0.15, -0.1) is 0 Å². The molecule has 0 aliphatic carbocycles. The third kappa shape index (κ3) is 1.62. The van der Waals surface area contributed by atoms with E-state index in [1.807, 2.05) is 6.92 Å². The van der Waals surface area contributed by atoms with Crippen molar-refractivity contribution in [2.24, 2.45) is 0 Å². The van der Waals surface area contributed by atoms with Gasteiger partial charge in [0.25, 0.3) is 5.91 Å². The van der Waals surface area contributed by atoms with Crippen LogP contribution in [0.25, 0.3) is 11.0 Å². The molecule has 4 heteroatoms. The molecule has 84 valence electrons. The van der Waals surface area contributed by atoms with Crippen molar-refractivity contribution >= 4 is 16.9 Å². The van der Waals surface area contributed by atoms with Gasteiger partial charge in [-0.3, -0.25) is 4.79 Å². The minimum atomic E-state index is -0.177. The number of phenolic OH excluding ortho intramolecular Hbond substituents is 1. The molecule has 0 aliphatic rings. The monoisotopic (exact) mass is 219 g/mol. The summed E-state index contributed by atoms with van der Waals surface area (Å²) in [6.07, 6.45) is 0. The number of hydrogen-bond acceptors (Lipinski definition) is 3. The fourth-order valence-corrected chi connectivity index (χ4v) is 1.74. The van der Waals surface area contributed by atoms with Crippen molar-refractivity contribution in [3.8, 4) is 5.75 Å². The summed E-state index contributed by atoms with van der Waals surface area (Å²) in [5.74, 6) is 0.509. The number of aryl methyl sites for hydroxylation is 1. The molecule has 0 radical (unpaired) electrons. The number of nitrogens with one attached hydrogen (secondary N) is 1. The zero-order valence-electron chi connectivity index (χ0n) is 9.20. The van der Waals surface area contributed by atoms with E-state index in [0.29, 0.717) is 28.8 Å². The fourth-order valence-electron chi connectivity index (χ4n) is 1.74. The third-order valence-electron chi connectivity index (χ3n) is 2.41. The average molecular weight is 219 g/mol. The van der Waals surface area contributed by atoms with Gasteiger partial charge in [0.15, 0.2) is 0 Å². The van der Waals surface area contributed by atoms with E-state index in [2.05, 4.69) is 5.32 Å². The van der Waals surface area contributed by atoms with E-state index in [0.717, 1.165) is 0 Å². The van der Waals surface area contributed by atoms with Gasteiger partial charge in [0.2, 0.25) is 0 Å². The molecule has 2 N–H and O–H groups in total. The van der Waals surface area contributed by atoms with E-state index >= 15 is 0 Å². The summed E-state index contributed by atoms with van der Waals surface area (Å²) in [6, 6.07) is 4.73. The molecular formula is C12H13NO3. The van der Waals surface area contributed by atoms with E-state index in [4.69, 9.17) is 4.42 Å². The van der Waals surface area contributed by atoms with Gasteiger partial charge in [-0.1, -0.05) is 0 Å². The van der Waals surface area contributed by atoms with Crippen molar-refractivity contribution in [3.63, 3.8) is 0 Å². The van der Waals surface area contributed by atoms with Crippen molar-refractivity contribution in [1.82, 2.24) is 5.32 Å². The van der Waals surface area contributed by atoms with E-state index in [-0.39, 0.29) is 11.7 Å². The molecule has 0 saturated carbocycles. The number of rotatable bonds is 2. The SMILES string of the molecule is CCNC(=O)c1c(C)oc2ccc(O)cc12. The van der Waals surface area contributed by atoms with E-state index < -0.39 is 0 Å². The molecule has 1 heterocycles. The lowest BCUT2D eigenvalue weighted by atomic mass is 10.1. The highest BCUT2D eigenvalue weighted by atomic mass is 16.3. The van der Waals surface area contributed by atoms with Crippen LogP contribution in [-0.4, -0.2) is 17.6 Å². The maximum Gasteiger partial charge on any atom is 0.255 e. The van der Waals surface area contributed by atoms with E-state index in [1.165, 1.54) is 12.1 Å². The van der Waals surface area contributed by atoms with Gasteiger partial charge in [-0.05, 0) is 32.0 Å². The first-order valence-corrected chi connectivity index (χ1v) is 5.13. The highest BCUT2D eigenvalue weighted by molar-refractivity contribution is 6.07. The Morgan fingerprint density at radius 2 is 2.25 bits per heavy atom. The van der Waals surface area contributed by atoms with Crippen molar-refractivity contribution < 1.29 is 14.3 Å². The molecular weight excluding hydrogens is 206 g/mol. The molecule has 0 spiro atoms. The summed E-state index contributed by atoms with van der Waals surface area (Å²) < 4.78 is 5.45. The highest BCUT2D eigenvalue weighted by Gasteiger charge is 2.17. The van der Waals surface area contributed by atoms with Gasteiger partial charge in [-0.2, -0.15) is 0 Å². The van der Waals surface area contributed by atoms with Crippen LogP contribution in [0.5, 0.6) is 5.75 Å². The molecule has 0 fully saturated rings. The zero-order chi connectivity index (χ0) is 11.7. The first kappa shape index (κ1) is 10.5. The molecule has 0 aliphatic heterocycles. The first-order chi connectivity index (χ1) is 7.63. The van der Waals surface area contributed by atoms with Crippen LogP contribution in [0.4, 0.5) is 0 Å². The average Bonchev–Trinajstić information content (AvgIpc) is 2.53. The van der Waals surface area contributed by atoms with Crippen LogP contribution < -0.4 is 5.32 Å². The van der Waals surface area contributed by atoms with Crippen LogP contribution >= 0.6 is 0 Å². The largest absolute Gasteiger partial charge is 0.508 e. The Labute approximate surface area is 92.9 Å². The molecule has 0 saturated heterocycles. The summed E-state index contributed by atoms with van der Waals surface area (Å²) in [5.41, 5.74) is 1.10. The van der Waals surface area contributed by atoms with Gasteiger partial charge < -0.3 is 14.8 Å². The predicted octanol–water partition coefficient (Wildman–Crippen LogP) is 2.20. The second-order valence-corrected chi connectivity index (χ2v) is 3.57. The van der Waals surface area contributed by atoms with Crippen LogP contribution in [0.3, 0.4) is 0 Å². The smallest absolute Gasteiger partial charge is 0.255 e. The summed E-state index contributed by atoms with van der Waals surface area (Å²) in [5, 5.41) is 12.8.